The Kier molecular flexibility index (Phi) is 7.76. The average molecular weight is 403 g/mol. The Morgan fingerprint density at radius 3 is 2.42 bits per heavy atom. The minimum atomic E-state index is -0.741. The quantitative estimate of drug-likeness (QED) is 0.519. The molecule has 0 aromatic rings. The molecular formula is C17H27ClN4O3S. The Bertz CT molecular complexity index is 576. The molecule has 2 aliphatic carbocycles. The Labute approximate surface area is 164 Å². The third-order valence-electron chi connectivity index (χ3n) is 5.11. The van der Waals surface area contributed by atoms with E-state index in [1.165, 1.54) is 6.42 Å². The summed E-state index contributed by atoms with van der Waals surface area (Å²) in [5, 5.41) is 7.59. The van der Waals surface area contributed by atoms with Gasteiger partial charge in [-0.3, -0.25) is 14.4 Å². The number of Topliss-reactive ketones (excluding diaryl/α,β-unsaturated/α-hetero) is 1. The van der Waals surface area contributed by atoms with Crippen LogP contribution < -0.4 is 10.7 Å². The highest BCUT2D eigenvalue weighted by molar-refractivity contribution is 8.14. The second kappa shape index (κ2) is 9.60. The van der Waals surface area contributed by atoms with E-state index in [1.807, 2.05) is 11.9 Å². The van der Waals surface area contributed by atoms with Crippen molar-refractivity contribution in [3.05, 3.63) is 0 Å². The molecule has 1 aliphatic heterocycles. The number of nitrogens with one attached hydrogen (secondary N) is 2. The molecule has 0 aromatic heterocycles. The van der Waals surface area contributed by atoms with Crippen molar-refractivity contribution in [2.45, 2.75) is 51.0 Å². The van der Waals surface area contributed by atoms with Crippen LogP contribution in [-0.2, 0) is 14.4 Å². The molecule has 0 bridgehead atoms. The van der Waals surface area contributed by atoms with Crippen molar-refractivity contribution in [3.8, 4) is 0 Å². The summed E-state index contributed by atoms with van der Waals surface area (Å²) in [5.41, 5.74) is 2.36. The van der Waals surface area contributed by atoms with Gasteiger partial charge in [-0.05, 0) is 31.6 Å². The van der Waals surface area contributed by atoms with E-state index in [-0.39, 0.29) is 30.2 Å². The van der Waals surface area contributed by atoms with Crippen molar-refractivity contribution in [1.29, 1.82) is 0 Å². The van der Waals surface area contributed by atoms with Gasteiger partial charge in [0.25, 0.3) is 0 Å². The molecule has 3 fully saturated rings. The van der Waals surface area contributed by atoms with Gasteiger partial charge in [0, 0.05) is 25.3 Å². The zero-order valence-electron chi connectivity index (χ0n) is 15.0. The highest BCUT2D eigenvalue weighted by Gasteiger charge is 2.41. The Morgan fingerprint density at radius 2 is 1.85 bits per heavy atom. The van der Waals surface area contributed by atoms with Crippen molar-refractivity contribution < 1.29 is 14.4 Å². The molecule has 1 heterocycles. The number of nitrogens with zero attached hydrogens (tertiary/aromatic N) is 2. The standard InChI is InChI=1S/C17H26N4O3S.ClH/c1-21-9-10-25-17(21)20-19-16(24)14(22)13(11-7-8-11)18-15(23)12-5-3-2-4-6-12;/h11-13H,2-10H2,1H3,(H,18,23)(H,19,24);1H/b20-17-;/t13-;/m1./s1. The Morgan fingerprint density at radius 1 is 1.15 bits per heavy atom. The van der Waals surface area contributed by atoms with Crippen molar-refractivity contribution >= 4 is 46.9 Å². The van der Waals surface area contributed by atoms with Gasteiger partial charge in [0.2, 0.25) is 11.7 Å². The first-order chi connectivity index (χ1) is 12.1. The predicted octanol–water partition coefficient (Wildman–Crippen LogP) is 1.52. The first kappa shape index (κ1) is 21.0. The van der Waals surface area contributed by atoms with Gasteiger partial charge in [-0.1, -0.05) is 31.0 Å². The minimum Gasteiger partial charge on any atom is -0.352 e. The fourth-order valence-corrected chi connectivity index (χ4v) is 4.32. The molecule has 2 amide bonds. The molecule has 7 nitrogen and oxygen atoms in total. The van der Waals surface area contributed by atoms with E-state index in [0.29, 0.717) is 5.17 Å². The van der Waals surface area contributed by atoms with Crippen LogP contribution in [0.4, 0.5) is 0 Å². The summed E-state index contributed by atoms with van der Waals surface area (Å²) < 4.78 is 0. The molecular weight excluding hydrogens is 376 g/mol. The minimum absolute atomic E-state index is 0. The smallest absolute Gasteiger partial charge is 0.309 e. The van der Waals surface area contributed by atoms with Crippen LogP contribution in [0.5, 0.6) is 0 Å². The topological polar surface area (TPSA) is 90.9 Å². The third kappa shape index (κ3) is 5.36. The molecule has 0 unspecified atom stereocenters. The molecule has 26 heavy (non-hydrogen) atoms. The SMILES string of the molecule is CN1CCS/C1=N\NC(=O)C(=O)[C@H](NC(=O)C1CCCCC1)C1CC1.Cl. The monoisotopic (exact) mass is 402 g/mol. The highest BCUT2D eigenvalue weighted by atomic mass is 35.5. The number of hydrogen-bond acceptors (Lipinski definition) is 5. The summed E-state index contributed by atoms with van der Waals surface area (Å²) in [6, 6.07) is -0.705. The summed E-state index contributed by atoms with van der Waals surface area (Å²) >= 11 is 1.54. The lowest BCUT2D eigenvalue weighted by Crippen LogP contribution is -2.50. The fraction of sp³-hybridized carbons (Fsp3) is 0.765. The number of amidine groups is 1. The molecule has 146 valence electrons. The van der Waals surface area contributed by atoms with Gasteiger partial charge in [0.05, 0.1) is 0 Å². The molecule has 9 heteroatoms. The van der Waals surface area contributed by atoms with Gasteiger partial charge < -0.3 is 10.2 Å². The second-order valence-corrected chi connectivity index (χ2v) is 8.19. The van der Waals surface area contributed by atoms with Crippen LogP contribution in [0.25, 0.3) is 0 Å². The number of halogens is 1. The molecule has 3 aliphatic rings. The van der Waals surface area contributed by atoms with E-state index >= 15 is 0 Å². The number of hydrogen-bond donors (Lipinski definition) is 2. The number of carbonyl (C=O) groups is 3. The second-order valence-electron chi connectivity index (χ2n) is 7.13. The summed E-state index contributed by atoms with van der Waals surface area (Å²) in [7, 11) is 1.89. The predicted molar refractivity (Wildman–Crippen MR) is 104 cm³/mol. The van der Waals surface area contributed by atoms with Crippen LogP contribution in [0.15, 0.2) is 5.10 Å². The maximum Gasteiger partial charge on any atom is 0.309 e. The van der Waals surface area contributed by atoms with E-state index in [0.717, 1.165) is 50.8 Å². The van der Waals surface area contributed by atoms with Crippen LogP contribution in [0.2, 0.25) is 0 Å². The van der Waals surface area contributed by atoms with Gasteiger partial charge in [0.15, 0.2) is 5.17 Å². The summed E-state index contributed by atoms with van der Waals surface area (Å²) in [6.07, 6.45) is 6.79. The van der Waals surface area contributed by atoms with Crippen LogP contribution in [0, 0.1) is 11.8 Å². The molecule has 1 atom stereocenters. The summed E-state index contributed by atoms with van der Waals surface area (Å²) in [4.78, 5) is 39.1. The Balaban J connectivity index is 0.00000243. The highest BCUT2D eigenvalue weighted by Crippen LogP contribution is 2.34. The zero-order chi connectivity index (χ0) is 17.8. The number of hydrazone groups is 1. The van der Waals surface area contributed by atoms with Crippen LogP contribution in [0.1, 0.15) is 44.9 Å². The summed E-state index contributed by atoms with van der Waals surface area (Å²) in [5.74, 6) is -0.413. The molecule has 1 saturated heterocycles. The lowest BCUT2D eigenvalue weighted by Gasteiger charge is -2.24. The maximum absolute atomic E-state index is 12.5. The number of carbonyl (C=O) groups excluding carboxylic acids is 3. The van der Waals surface area contributed by atoms with E-state index in [4.69, 9.17) is 0 Å². The van der Waals surface area contributed by atoms with Crippen LogP contribution in [0.3, 0.4) is 0 Å². The molecule has 2 saturated carbocycles. The molecule has 3 rings (SSSR count). The maximum atomic E-state index is 12.5. The lowest BCUT2D eigenvalue weighted by molar-refractivity contribution is -0.141. The molecule has 2 N–H and O–H groups in total. The largest absolute Gasteiger partial charge is 0.352 e. The van der Waals surface area contributed by atoms with Gasteiger partial charge in [0.1, 0.15) is 6.04 Å². The molecule has 0 aromatic carbocycles. The van der Waals surface area contributed by atoms with Crippen molar-refractivity contribution in [2.24, 2.45) is 16.9 Å². The van der Waals surface area contributed by atoms with Gasteiger partial charge in [-0.2, -0.15) is 0 Å². The number of thioether (sulfide) groups is 1. The van der Waals surface area contributed by atoms with E-state index in [2.05, 4.69) is 15.8 Å². The van der Waals surface area contributed by atoms with Crippen molar-refractivity contribution in [1.82, 2.24) is 15.6 Å². The Hall–Kier alpha value is -1.28. The molecule has 0 spiro atoms. The van der Waals surface area contributed by atoms with Crippen molar-refractivity contribution in [2.75, 3.05) is 19.3 Å². The normalized spacial score (nSPS) is 23.3. The summed E-state index contributed by atoms with van der Waals surface area (Å²) in [6.45, 7) is 0.870. The molecule has 0 radical (unpaired) electrons. The zero-order valence-corrected chi connectivity index (χ0v) is 16.7. The number of ketones is 1. The number of rotatable bonds is 6. The van der Waals surface area contributed by atoms with E-state index in [1.54, 1.807) is 11.8 Å². The third-order valence-corrected chi connectivity index (χ3v) is 6.16. The van der Waals surface area contributed by atoms with Crippen molar-refractivity contribution in [3.63, 3.8) is 0 Å². The lowest BCUT2D eigenvalue weighted by atomic mass is 9.88. The van der Waals surface area contributed by atoms with Gasteiger partial charge in [-0.15, -0.1) is 17.5 Å². The van der Waals surface area contributed by atoms with Gasteiger partial charge in [-0.25, -0.2) is 5.43 Å². The van der Waals surface area contributed by atoms with E-state index in [9.17, 15) is 14.4 Å². The first-order valence-electron chi connectivity index (χ1n) is 9.12. The van der Waals surface area contributed by atoms with Crippen LogP contribution in [-0.4, -0.2) is 53.1 Å². The van der Waals surface area contributed by atoms with E-state index < -0.39 is 17.7 Å². The van der Waals surface area contributed by atoms with Crippen LogP contribution >= 0.6 is 24.2 Å². The average Bonchev–Trinajstić information content (AvgIpc) is 3.39. The first-order valence-corrected chi connectivity index (χ1v) is 10.1. The fourth-order valence-electron chi connectivity index (χ4n) is 3.36. The van der Waals surface area contributed by atoms with Gasteiger partial charge >= 0.3 is 5.91 Å². The number of amides is 2.